The van der Waals surface area contributed by atoms with Gasteiger partial charge >= 0.3 is 0 Å². The summed E-state index contributed by atoms with van der Waals surface area (Å²) in [4.78, 5) is 32.5. The number of nitrogens with two attached hydrogens (primary N) is 1. The van der Waals surface area contributed by atoms with Crippen LogP contribution in [0, 0.1) is 5.92 Å². The highest BCUT2D eigenvalue weighted by Crippen LogP contribution is 2.45. The van der Waals surface area contributed by atoms with Crippen LogP contribution in [0.15, 0.2) is 71.0 Å². The van der Waals surface area contributed by atoms with Gasteiger partial charge in [-0.3, -0.25) is 14.5 Å². The largest absolute Gasteiger partial charge is 0.381 e. The normalized spacial score (nSPS) is 21.2. The van der Waals surface area contributed by atoms with Gasteiger partial charge in [-0.25, -0.2) is 9.50 Å². The molecule has 3 N–H and O–H groups in total. The molecule has 32 heavy (non-hydrogen) atoms. The van der Waals surface area contributed by atoms with E-state index in [0.29, 0.717) is 22.1 Å². The zero-order valence-corrected chi connectivity index (χ0v) is 18.5. The van der Waals surface area contributed by atoms with Gasteiger partial charge in [0, 0.05) is 34.1 Å². The van der Waals surface area contributed by atoms with Crippen molar-refractivity contribution in [1.82, 2.24) is 19.9 Å². The number of carbonyl (C=O) groups excluding carboxylic acids is 2. The molecule has 2 aliphatic rings. The van der Waals surface area contributed by atoms with E-state index in [2.05, 4.69) is 15.4 Å². The number of amides is 2. The molecular formula is C22H19ClN6O2S. The summed E-state index contributed by atoms with van der Waals surface area (Å²) < 4.78 is 1.46. The molecule has 10 heteroatoms. The number of fused-ring (bicyclic) bond motifs is 2. The van der Waals surface area contributed by atoms with Crippen LogP contribution in [-0.4, -0.2) is 37.7 Å². The molecule has 5 rings (SSSR count). The minimum absolute atomic E-state index is 0.0874. The third-order valence-corrected chi connectivity index (χ3v) is 7.08. The van der Waals surface area contributed by atoms with Crippen LogP contribution < -0.4 is 16.0 Å². The number of carbonyl (C=O) groups is 2. The van der Waals surface area contributed by atoms with Gasteiger partial charge in [0.2, 0.25) is 5.91 Å². The maximum absolute atomic E-state index is 13.5. The summed E-state index contributed by atoms with van der Waals surface area (Å²) in [5.74, 6) is -0.886. The van der Waals surface area contributed by atoms with Gasteiger partial charge in [0.05, 0.1) is 12.0 Å². The first kappa shape index (κ1) is 20.6. The molecule has 2 amide bonds. The Bertz CT molecular complexity index is 1290. The number of rotatable bonds is 4. The van der Waals surface area contributed by atoms with Gasteiger partial charge in [0.25, 0.3) is 5.91 Å². The number of nitrogen functional groups attached to an aromatic ring is 1. The maximum Gasteiger partial charge on any atom is 0.259 e. The summed E-state index contributed by atoms with van der Waals surface area (Å²) in [6.07, 6.45) is 5.25. The summed E-state index contributed by atoms with van der Waals surface area (Å²) >= 11 is 7.85. The summed E-state index contributed by atoms with van der Waals surface area (Å²) in [5, 5.41) is 9.33. The highest BCUT2D eigenvalue weighted by atomic mass is 35.5. The lowest BCUT2D eigenvalue weighted by Gasteiger charge is -2.37. The van der Waals surface area contributed by atoms with E-state index in [1.54, 1.807) is 23.4 Å². The number of para-hydroxylation sites is 1. The van der Waals surface area contributed by atoms with E-state index < -0.39 is 17.9 Å². The van der Waals surface area contributed by atoms with Crippen molar-refractivity contribution in [3.05, 3.63) is 76.6 Å². The van der Waals surface area contributed by atoms with Crippen LogP contribution in [0.3, 0.4) is 0 Å². The number of aromatic nitrogens is 3. The fourth-order valence-electron chi connectivity index (χ4n) is 4.01. The van der Waals surface area contributed by atoms with Gasteiger partial charge in [-0.1, -0.05) is 29.8 Å². The minimum atomic E-state index is -0.495. The second kappa shape index (κ2) is 7.99. The number of thioether (sulfide) groups is 1. The second-order valence-corrected chi connectivity index (χ2v) is 9.01. The van der Waals surface area contributed by atoms with Crippen LogP contribution in [0.5, 0.6) is 0 Å². The molecule has 0 saturated heterocycles. The third-order valence-electron chi connectivity index (χ3n) is 5.50. The van der Waals surface area contributed by atoms with E-state index in [4.69, 9.17) is 17.3 Å². The smallest absolute Gasteiger partial charge is 0.259 e. The Morgan fingerprint density at radius 2 is 2.06 bits per heavy atom. The first-order valence-electron chi connectivity index (χ1n) is 9.97. The molecule has 1 aromatic carbocycles. The van der Waals surface area contributed by atoms with Gasteiger partial charge in [0.1, 0.15) is 5.56 Å². The number of hydrogen-bond donors (Lipinski definition) is 2. The molecule has 0 aliphatic carbocycles. The molecule has 0 bridgehead atoms. The van der Waals surface area contributed by atoms with Gasteiger partial charge in [0.15, 0.2) is 11.5 Å². The highest BCUT2D eigenvalue weighted by molar-refractivity contribution is 8.03. The fourth-order valence-corrected chi connectivity index (χ4v) is 5.54. The van der Waals surface area contributed by atoms with E-state index in [1.165, 1.54) is 16.3 Å². The Hall–Kier alpha value is -3.30. The van der Waals surface area contributed by atoms with Crippen molar-refractivity contribution in [1.29, 1.82) is 0 Å². The van der Waals surface area contributed by atoms with Crippen molar-refractivity contribution in [3.8, 4) is 0 Å². The summed E-state index contributed by atoms with van der Waals surface area (Å²) in [5.41, 5.74) is 7.94. The molecular weight excluding hydrogens is 448 g/mol. The van der Waals surface area contributed by atoms with E-state index in [-0.39, 0.29) is 22.5 Å². The lowest BCUT2D eigenvalue weighted by molar-refractivity contribution is -0.120. The highest BCUT2D eigenvalue weighted by Gasteiger charge is 2.44. The topological polar surface area (TPSA) is 106 Å². The average Bonchev–Trinajstić information content (AvgIpc) is 3.33. The lowest BCUT2D eigenvalue weighted by Crippen LogP contribution is -2.49. The molecule has 2 aliphatic heterocycles. The monoisotopic (exact) mass is 466 g/mol. The molecule has 0 saturated carbocycles. The third kappa shape index (κ3) is 3.34. The predicted octanol–water partition coefficient (Wildman–Crippen LogP) is 3.17. The SMILES string of the molecule is C[C@H](NC(=O)c1c(N)nn2cccnc12)C1=CC2SC=C(Cl)C2C(=O)N1c1ccccc1. The number of anilines is 2. The molecule has 2 aromatic heterocycles. The van der Waals surface area contributed by atoms with E-state index >= 15 is 0 Å². The van der Waals surface area contributed by atoms with Crippen LogP contribution in [0.4, 0.5) is 11.5 Å². The number of nitrogens with one attached hydrogen (secondary N) is 1. The summed E-state index contributed by atoms with van der Waals surface area (Å²) in [6, 6.07) is 10.5. The zero-order valence-electron chi connectivity index (χ0n) is 17.0. The van der Waals surface area contributed by atoms with Crippen molar-refractivity contribution in [3.63, 3.8) is 0 Å². The predicted molar refractivity (Wildman–Crippen MR) is 125 cm³/mol. The number of benzene rings is 1. The van der Waals surface area contributed by atoms with Crippen LogP contribution in [0.25, 0.3) is 5.65 Å². The molecule has 4 heterocycles. The molecule has 0 spiro atoms. The van der Waals surface area contributed by atoms with Crippen molar-refractivity contribution in [2.75, 3.05) is 10.6 Å². The zero-order chi connectivity index (χ0) is 22.4. The summed E-state index contributed by atoms with van der Waals surface area (Å²) in [6.45, 7) is 1.83. The Morgan fingerprint density at radius 1 is 1.28 bits per heavy atom. The van der Waals surface area contributed by atoms with E-state index in [1.807, 2.05) is 48.7 Å². The Balaban J connectivity index is 1.50. The van der Waals surface area contributed by atoms with Crippen molar-refractivity contribution in [2.45, 2.75) is 18.2 Å². The minimum Gasteiger partial charge on any atom is -0.381 e. The second-order valence-electron chi connectivity index (χ2n) is 7.53. The van der Waals surface area contributed by atoms with Crippen LogP contribution in [-0.2, 0) is 4.79 Å². The van der Waals surface area contributed by atoms with Gasteiger partial charge in [-0.2, -0.15) is 0 Å². The molecule has 162 valence electrons. The molecule has 3 atom stereocenters. The average molecular weight is 467 g/mol. The quantitative estimate of drug-likeness (QED) is 0.611. The van der Waals surface area contributed by atoms with Crippen LogP contribution >= 0.6 is 23.4 Å². The van der Waals surface area contributed by atoms with Gasteiger partial charge < -0.3 is 11.1 Å². The van der Waals surface area contributed by atoms with E-state index in [0.717, 1.165) is 0 Å². The maximum atomic E-state index is 13.5. The van der Waals surface area contributed by atoms with Crippen LogP contribution in [0.2, 0.25) is 0 Å². The standard InChI is InChI=1S/C22H19ClN6O2S/c1-12(26-21(30)18-19(24)27-28-9-5-8-25-20(18)28)15-10-16-17(14(23)11-32-16)22(31)29(15)13-6-3-2-4-7-13/h2-12,16-17H,1H3,(H2,24,27)(H,26,30)/t12-,16?,17?/m0/s1. The first-order valence-corrected chi connectivity index (χ1v) is 11.3. The molecule has 0 fully saturated rings. The number of nitrogens with zero attached hydrogens (tertiary/aromatic N) is 4. The molecule has 2 unspecified atom stereocenters. The van der Waals surface area contributed by atoms with Crippen molar-refractivity contribution in [2.24, 2.45) is 5.92 Å². The van der Waals surface area contributed by atoms with Crippen molar-refractivity contribution >= 4 is 52.3 Å². The van der Waals surface area contributed by atoms with Gasteiger partial charge in [-0.15, -0.1) is 16.9 Å². The number of hydrogen-bond acceptors (Lipinski definition) is 6. The lowest BCUT2D eigenvalue weighted by atomic mass is 9.94. The van der Waals surface area contributed by atoms with E-state index in [9.17, 15) is 9.59 Å². The Morgan fingerprint density at radius 3 is 2.84 bits per heavy atom. The fraction of sp³-hybridized carbons (Fsp3) is 0.182. The first-order chi connectivity index (χ1) is 15.5. The number of halogens is 1. The summed E-state index contributed by atoms with van der Waals surface area (Å²) in [7, 11) is 0. The molecule has 8 nitrogen and oxygen atoms in total. The van der Waals surface area contributed by atoms with Crippen LogP contribution in [0.1, 0.15) is 17.3 Å². The molecule has 0 radical (unpaired) electrons. The Kier molecular flexibility index (Phi) is 5.15. The van der Waals surface area contributed by atoms with Gasteiger partial charge in [-0.05, 0) is 36.6 Å². The molecule has 3 aromatic rings. The van der Waals surface area contributed by atoms with Crippen molar-refractivity contribution < 1.29 is 9.59 Å². The Labute approximate surface area is 193 Å².